The normalized spacial score (nSPS) is 17.5. The highest BCUT2D eigenvalue weighted by Crippen LogP contribution is 2.31. The number of allylic oxidation sites excluding steroid dienone is 1. The highest BCUT2D eigenvalue weighted by molar-refractivity contribution is 7.80. The van der Waals surface area contributed by atoms with E-state index in [4.69, 9.17) is 16.7 Å². The Balaban J connectivity index is 2.00. The van der Waals surface area contributed by atoms with E-state index >= 15 is 0 Å². The first-order valence-electron chi connectivity index (χ1n) is 7.62. The van der Waals surface area contributed by atoms with Gasteiger partial charge < -0.3 is 20.1 Å². The number of hydrogen-bond donors (Lipinski definition) is 2. The molecule has 0 bridgehead atoms. The number of hydrogen-bond acceptors (Lipinski definition) is 4. The zero-order valence-corrected chi connectivity index (χ0v) is 14.8. The molecule has 0 saturated carbocycles. The van der Waals surface area contributed by atoms with Crippen LogP contribution in [-0.4, -0.2) is 28.1 Å². The lowest BCUT2D eigenvalue weighted by Gasteiger charge is -2.35. The van der Waals surface area contributed by atoms with Crippen LogP contribution in [0, 0.1) is 12.7 Å². The van der Waals surface area contributed by atoms with Gasteiger partial charge in [-0.05, 0) is 43.8 Å². The first-order chi connectivity index (χ1) is 11.9. The van der Waals surface area contributed by atoms with Gasteiger partial charge in [0.05, 0.1) is 11.6 Å². The zero-order valence-electron chi connectivity index (χ0n) is 14.0. The van der Waals surface area contributed by atoms with Gasteiger partial charge >= 0.3 is 0 Å². The Morgan fingerprint density at radius 2 is 2.16 bits per heavy atom. The molecule has 8 heteroatoms. The van der Waals surface area contributed by atoms with Crippen molar-refractivity contribution in [3.63, 3.8) is 0 Å². The fourth-order valence-electron chi connectivity index (χ4n) is 2.67. The lowest BCUT2D eigenvalue weighted by molar-refractivity contribution is -0.113. The summed E-state index contributed by atoms with van der Waals surface area (Å²) in [4.78, 5) is 14.6. The van der Waals surface area contributed by atoms with Crippen molar-refractivity contribution in [3.05, 3.63) is 58.7 Å². The highest BCUT2D eigenvalue weighted by atomic mass is 32.1. The van der Waals surface area contributed by atoms with Crippen LogP contribution in [0.3, 0.4) is 0 Å². The van der Waals surface area contributed by atoms with Crippen molar-refractivity contribution >= 4 is 29.1 Å². The maximum Gasteiger partial charge on any atom is 0.257 e. The predicted molar refractivity (Wildman–Crippen MR) is 95.2 cm³/mol. The van der Waals surface area contributed by atoms with Gasteiger partial charge in [-0.3, -0.25) is 4.79 Å². The molecule has 3 rings (SSSR count). The number of carbonyl (C=O) groups excluding carboxylic acids is 1. The van der Waals surface area contributed by atoms with Gasteiger partial charge in [0.1, 0.15) is 11.6 Å². The van der Waals surface area contributed by atoms with Crippen LogP contribution < -0.4 is 10.6 Å². The van der Waals surface area contributed by atoms with E-state index in [2.05, 4.69) is 15.8 Å². The molecule has 25 heavy (non-hydrogen) atoms. The summed E-state index contributed by atoms with van der Waals surface area (Å²) >= 11 is 5.32. The summed E-state index contributed by atoms with van der Waals surface area (Å²) in [5.74, 6) is 0.162. The number of aryl methyl sites for hydroxylation is 1. The smallest absolute Gasteiger partial charge is 0.257 e. The SMILES string of the molecule is CC1=C(C(=O)Nc2cc(C)on2)[C@@H](c2cccc(F)c2)NC(=S)N1C. The van der Waals surface area contributed by atoms with Gasteiger partial charge in [-0.2, -0.15) is 0 Å². The van der Waals surface area contributed by atoms with Gasteiger partial charge in [-0.25, -0.2) is 4.39 Å². The molecule has 2 N–H and O–H groups in total. The van der Waals surface area contributed by atoms with E-state index in [0.29, 0.717) is 33.5 Å². The van der Waals surface area contributed by atoms with Crippen LogP contribution >= 0.6 is 12.2 Å². The molecule has 1 aromatic heterocycles. The molecule has 2 heterocycles. The van der Waals surface area contributed by atoms with E-state index in [-0.39, 0.29) is 11.7 Å². The van der Waals surface area contributed by atoms with Crippen LogP contribution in [-0.2, 0) is 4.79 Å². The Bertz CT molecular complexity index is 877. The fraction of sp³-hybridized carbons (Fsp3) is 0.235. The second kappa shape index (κ2) is 6.64. The monoisotopic (exact) mass is 360 g/mol. The molecular formula is C17H17FN4O2S. The number of amides is 1. The molecule has 1 aromatic carbocycles. The Morgan fingerprint density at radius 1 is 1.40 bits per heavy atom. The second-order valence-electron chi connectivity index (χ2n) is 5.77. The Hall–Kier alpha value is -2.74. The number of nitrogens with zero attached hydrogens (tertiary/aromatic N) is 2. The summed E-state index contributed by atoms with van der Waals surface area (Å²) < 4.78 is 18.6. The molecule has 1 atom stereocenters. The lowest BCUT2D eigenvalue weighted by Crippen LogP contribution is -2.46. The second-order valence-corrected chi connectivity index (χ2v) is 6.16. The standard InChI is InChI=1S/C17H17FN4O2S/c1-9-7-13(21-24-9)19-16(23)14-10(2)22(3)17(25)20-15(14)11-5-4-6-12(18)8-11/h4-8,15H,1-3H3,(H,20,25)(H,19,21,23)/t15-/m1/s1. The van der Waals surface area contributed by atoms with Gasteiger partial charge in [0, 0.05) is 18.8 Å². The number of aromatic nitrogens is 1. The van der Waals surface area contributed by atoms with Crippen LogP contribution in [0.4, 0.5) is 10.2 Å². The minimum atomic E-state index is -0.563. The Kier molecular flexibility index (Phi) is 4.54. The summed E-state index contributed by atoms with van der Waals surface area (Å²) in [6.07, 6.45) is 0. The number of thiocarbonyl (C=S) groups is 1. The minimum absolute atomic E-state index is 0.316. The molecule has 0 fully saturated rings. The van der Waals surface area contributed by atoms with Crippen LogP contribution in [0.25, 0.3) is 0 Å². The van der Waals surface area contributed by atoms with E-state index in [1.807, 2.05) is 0 Å². The van der Waals surface area contributed by atoms with Crippen LogP contribution in [0.1, 0.15) is 24.3 Å². The van der Waals surface area contributed by atoms with E-state index in [0.717, 1.165) is 0 Å². The predicted octanol–water partition coefficient (Wildman–Crippen LogP) is 2.90. The van der Waals surface area contributed by atoms with Crippen molar-refractivity contribution in [3.8, 4) is 0 Å². The number of benzene rings is 1. The summed E-state index contributed by atoms with van der Waals surface area (Å²) in [6.45, 7) is 3.53. The zero-order chi connectivity index (χ0) is 18.1. The van der Waals surface area contributed by atoms with Gasteiger partial charge in [0.25, 0.3) is 5.91 Å². The van der Waals surface area contributed by atoms with E-state index in [1.54, 1.807) is 44.0 Å². The van der Waals surface area contributed by atoms with Gasteiger partial charge in [-0.15, -0.1) is 0 Å². The Labute approximate surface area is 149 Å². The van der Waals surface area contributed by atoms with Gasteiger partial charge in [0.15, 0.2) is 10.9 Å². The third-order valence-electron chi connectivity index (χ3n) is 4.05. The van der Waals surface area contributed by atoms with E-state index in [9.17, 15) is 9.18 Å². The van der Waals surface area contributed by atoms with Crippen molar-refractivity contribution < 1.29 is 13.7 Å². The molecule has 1 amide bonds. The number of rotatable bonds is 3. The van der Waals surface area contributed by atoms with Crippen LogP contribution in [0.2, 0.25) is 0 Å². The van der Waals surface area contributed by atoms with Crippen LogP contribution in [0.15, 0.2) is 46.1 Å². The molecule has 6 nitrogen and oxygen atoms in total. The van der Waals surface area contributed by atoms with Crippen molar-refractivity contribution in [2.24, 2.45) is 0 Å². The quantitative estimate of drug-likeness (QED) is 0.821. The lowest BCUT2D eigenvalue weighted by atomic mass is 9.94. The molecule has 0 spiro atoms. The maximum absolute atomic E-state index is 13.7. The molecular weight excluding hydrogens is 343 g/mol. The third kappa shape index (κ3) is 3.39. The van der Waals surface area contributed by atoms with Gasteiger partial charge in [-0.1, -0.05) is 17.3 Å². The van der Waals surface area contributed by atoms with Crippen LogP contribution in [0.5, 0.6) is 0 Å². The molecule has 0 aliphatic carbocycles. The number of halogens is 1. The molecule has 0 unspecified atom stereocenters. The molecule has 0 radical (unpaired) electrons. The van der Waals surface area contributed by atoms with Crippen molar-refractivity contribution in [2.75, 3.05) is 12.4 Å². The molecule has 1 aliphatic rings. The average molecular weight is 360 g/mol. The third-order valence-corrected chi connectivity index (χ3v) is 4.44. The first kappa shape index (κ1) is 17.1. The topological polar surface area (TPSA) is 70.4 Å². The average Bonchev–Trinajstić information content (AvgIpc) is 2.97. The minimum Gasteiger partial charge on any atom is -0.360 e. The molecule has 1 aliphatic heterocycles. The summed E-state index contributed by atoms with van der Waals surface area (Å²) in [7, 11) is 1.76. The summed E-state index contributed by atoms with van der Waals surface area (Å²) in [5.41, 5.74) is 1.72. The summed E-state index contributed by atoms with van der Waals surface area (Å²) in [6, 6.07) is 7.13. The molecule has 0 saturated heterocycles. The van der Waals surface area contributed by atoms with Gasteiger partial charge in [0.2, 0.25) is 0 Å². The van der Waals surface area contributed by atoms with Crippen molar-refractivity contribution in [2.45, 2.75) is 19.9 Å². The Morgan fingerprint density at radius 3 is 2.80 bits per heavy atom. The highest BCUT2D eigenvalue weighted by Gasteiger charge is 2.33. The molecule has 130 valence electrons. The number of carbonyl (C=O) groups is 1. The van der Waals surface area contributed by atoms with Crippen molar-refractivity contribution in [1.29, 1.82) is 0 Å². The molecule has 2 aromatic rings. The van der Waals surface area contributed by atoms with Crippen molar-refractivity contribution in [1.82, 2.24) is 15.4 Å². The van der Waals surface area contributed by atoms with E-state index < -0.39 is 6.04 Å². The fourth-order valence-corrected chi connectivity index (χ4v) is 2.93. The first-order valence-corrected chi connectivity index (χ1v) is 8.02. The maximum atomic E-state index is 13.7. The number of anilines is 1. The summed E-state index contributed by atoms with van der Waals surface area (Å²) in [5, 5.41) is 10.0. The van der Waals surface area contributed by atoms with E-state index in [1.165, 1.54) is 12.1 Å². The largest absolute Gasteiger partial charge is 0.360 e. The number of nitrogens with one attached hydrogen (secondary N) is 2.